The van der Waals surface area contributed by atoms with E-state index in [0.29, 0.717) is 5.69 Å². The van der Waals surface area contributed by atoms with Gasteiger partial charge >= 0.3 is 0 Å². The maximum absolute atomic E-state index is 12.2. The Balaban J connectivity index is 0.00000441. The summed E-state index contributed by atoms with van der Waals surface area (Å²) in [6.45, 7) is 7.23. The summed E-state index contributed by atoms with van der Waals surface area (Å²) in [5.41, 5.74) is 5.28. The van der Waals surface area contributed by atoms with Crippen LogP contribution in [0.3, 0.4) is 0 Å². The van der Waals surface area contributed by atoms with Crippen molar-refractivity contribution in [2.75, 3.05) is 11.9 Å². The lowest BCUT2D eigenvalue weighted by Crippen LogP contribution is -2.40. The molecule has 0 aliphatic heterocycles. The monoisotopic (exact) mass is 349 g/mol. The summed E-state index contributed by atoms with van der Waals surface area (Å²) in [6, 6.07) is 6.13. The zero-order valence-corrected chi connectivity index (χ0v) is 14.8. The predicted molar refractivity (Wildman–Crippen MR) is 90.6 cm³/mol. The number of halogens is 1. The predicted octanol–water partition coefficient (Wildman–Crippen LogP) is 1.72. The molecule has 0 heterocycles. The summed E-state index contributed by atoms with van der Waals surface area (Å²) in [7, 11) is -3.63. The molecule has 6 nitrogen and oxygen atoms in total. The minimum atomic E-state index is -3.63. The molecule has 126 valence electrons. The summed E-state index contributed by atoms with van der Waals surface area (Å²) in [6.07, 6.45) is 0. The molecule has 0 spiro atoms. The van der Waals surface area contributed by atoms with Crippen LogP contribution in [-0.2, 0) is 14.8 Å². The summed E-state index contributed by atoms with van der Waals surface area (Å²) in [5.74, 6) is -0.575. The van der Waals surface area contributed by atoms with Gasteiger partial charge in [-0.15, -0.1) is 12.4 Å². The summed E-state index contributed by atoms with van der Waals surface area (Å²) in [5, 5.41) is 2.66. The van der Waals surface area contributed by atoms with Gasteiger partial charge in [-0.05, 0) is 39.0 Å². The fraction of sp³-hybridized carbons (Fsp3) is 0.500. The van der Waals surface area contributed by atoms with Crippen LogP contribution in [0.2, 0.25) is 0 Å². The van der Waals surface area contributed by atoms with Gasteiger partial charge in [-0.1, -0.05) is 13.0 Å². The van der Waals surface area contributed by atoms with Gasteiger partial charge in [0.2, 0.25) is 15.9 Å². The van der Waals surface area contributed by atoms with Gasteiger partial charge in [-0.3, -0.25) is 4.79 Å². The Morgan fingerprint density at radius 2 is 1.91 bits per heavy atom. The van der Waals surface area contributed by atoms with E-state index in [2.05, 4.69) is 10.0 Å². The first kappa shape index (κ1) is 20.9. The molecule has 0 saturated carbocycles. The van der Waals surface area contributed by atoms with Crippen molar-refractivity contribution in [3.05, 3.63) is 24.3 Å². The molecule has 8 heteroatoms. The molecule has 0 aliphatic carbocycles. The third-order valence-corrected chi connectivity index (χ3v) is 4.41. The normalized spacial score (nSPS) is 13.1. The van der Waals surface area contributed by atoms with E-state index in [9.17, 15) is 13.2 Å². The first-order chi connectivity index (χ1) is 9.55. The van der Waals surface area contributed by atoms with Crippen molar-refractivity contribution in [2.45, 2.75) is 38.1 Å². The van der Waals surface area contributed by atoms with Crippen molar-refractivity contribution in [2.24, 2.45) is 11.7 Å². The van der Waals surface area contributed by atoms with Crippen LogP contribution in [0, 0.1) is 5.92 Å². The number of rotatable bonds is 5. The number of sulfonamides is 1. The second kappa shape index (κ2) is 7.92. The maximum atomic E-state index is 12.2. The van der Waals surface area contributed by atoms with Crippen molar-refractivity contribution < 1.29 is 13.2 Å². The Morgan fingerprint density at radius 3 is 2.41 bits per heavy atom. The highest BCUT2D eigenvalue weighted by Crippen LogP contribution is 2.18. The molecule has 4 N–H and O–H groups in total. The zero-order chi connectivity index (χ0) is 16.3. The first-order valence-corrected chi connectivity index (χ1v) is 8.18. The molecule has 1 rings (SSSR count). The van der Waals surface area contributed by atoms with E-state index in [-0.39, 0.29) is 35.7 Å². The van der Waals surface area contributed by atoms with E-state index in [1.165, 1.54) is 12.1 Å². The largest absolute Gasteiger partial charge is 0.330 e. The Bertz CT molecular complexity index is 612. The first-order valence-electron chi connectivity index (χ1n) is 6.70. The number of amides is 1. The van der Waals surface area contributed by atoms with Crippen molar-refractivity contribution >= 4 is 34.0 Å². The second-order valence-corrected chi connectivity index (χ2v) is 7.69. The molecule has 1 unspecified atom stereocenters. The van der Waals surface area contributed by atoms with Gasteiger partial charge in [0.25, 0.3) is 0 Å². The van der Waals surface area contributed by atoms with Crippen LogP contribution in [-0.4, -0.2) is 26.4 Å². The van der Waals surface area contributed by atoms with E-state index in [0.717, 1.165) is 0 Å². The Kier molecular flexibility index (Phi) is 7.50. The minimum absolute atomic E-state index is 0. The standard InChI is InChI=1S/C14H23N3O3S.ClH/c1-10(9-15)13(18)16-11-6-5-7-12(8-11)21(19,20)17-14(2,3)4;/h5-8,10,17H,9,15H2,1-4H3,(H,16,18);1H. The zero-order valence-electron chi connectivity index (χ0n) is 13.2. The van der Waals surface area contributed by atoms with Gasteiger partial charge in [-0.2, -0.15) is 0 Å². The number of carbonyl (C=O) groups is 1. The van der Waals surface area contributed by atoms with Crippen LogP contribution in [0.25, 0.3) is 0 Å². The average Bonchev–Trinajstić information content (AvgIpc) is 2.35. The lowest BCUT2D eigenvalue weighted by Gasteiger charge is -2.20. The highest BCUT2D eigenvalue weighted by molar-refractivity contribution is 7.89. The number of hydrogen-bond acceptors (Lipinski definition) is 4. The van der Waals surface area contributed by atoms with Crippen LogP contribution >= 0.6 is 12.4 Å². The number of nitrogens with two attached hydrogens (primary N) is 1. The highest BCUT2D eigenvalue weighted by Gasteiger charge is 2.22. The Morgan fingerprint density at radius 1 is 1.32 bits per heavy atom. The van der Waals surface area contributed by atoms with Gasteiger partial charge in [0.1, 0.15) is 0 Å². The summed E-state index contributed by atoms with van der Waals surface area (Å²) < 4.78 is 27.0. The topological polar surface area (TPSA) is 101 Å². The molecule has 1 atom stereocenters. The van der Waals surface area contributed by atoms with E-state index in [1.54, 1.807) is 39.8 Å². The number of hydrogen-bond donors (Lipinski definition) is 3. The van der Waals surface area contributed by atoms with Crippen molar-refractivity contribution in [1.29, 1.82) is 0 Å². The van der Waals surface area contributed by atoms with E-state index < -0.39 is 15.6 Å². The molecule has 0 fully saturated rings. The smallest absolute Gasteiger partial charge is 0.241 e. The van der Waals surface area contributed by atoms with Gasteiger partial charge in [-0.25, -0.2) is 13.1 Å². The molecule has 1 aromatic carbocycles. The number of carbonyl (C=O) groups excluding carboxylic acids is 1. The van der Waals surface area contributed by atoms with Gasteiger partial charge in [0.15, 0.2) is 0 Å². The van der Waals surface area contributed by atoms with Crippen molar-refractivity contribution in [3.63, 3.8) is 0 Å². The molecule has 1 aromatic rings. The van der Waals surface area contributed by atoms with Crippen LogP contribution in [0.5, 0.6) is 0 Å². The van der Waals surface area contributed by atoms with Crippen LogP contribution < -0.4 is 15.8 Å². The number of benzene rings is 1. The van der Waals surface area contributed by atoms with Gasteiger partial charge < -0.3 is 11.1 Å². The van der Waals surface area contributed by atoms with Gasteiger partial charge in [0, 0.05) is 23.7 Å². The molecular formula is C14H24ClN3O3S. The molecule has 0 bridgehead atoms. The molecular weight excluding hydrogens is 326 g/mol. The third-order valence-electron chi connectivity index (χ3n) is 2.65. The van der Waals surface area contributed by atoms with Crippen molar-refractivity contribution in [3.8, 4) is 0 Å². The maximum Gasteiger partial charge on any atom is 0.241 e. The third kappa shape index (κ3) is 6.31. The van der Waals surface area contributed by atoms with Crippen molar-refractivity contribution in [1.82, 2.24) is 4.72 Å². The molecule has 22 heavy (non-hydrogen) atoms. The molecule has 1 amide bonds. The van der Waals surface area contributed by atoms with Crippen LogP contribution in [0.4, 0.5) is 5.69 Å². The molecule has 0 aliphatic rings. The van der Waals surface area contributed by atoms with E-state index in [1.807, 2.05) is 0 Å². The van der Waals surface area contributed by atoms with E-state index >= 15 is 0 Å². The highest BCUT2D eigenvalue weighted by atomic mass is 35.5. The summed E-state index contributed by atoms with van der Waals surface area (Å²) >= 11 is 0. The molecule has 0 radical (unpaired) electrons. The SMILES string of the molecule is CC(CN)C(=O)Nc1cccc(S(=O)(=O)NC(C)(C)C)c1.Cl. The summed E-state index contributed by atoms with van der Waals surface area (Å²) in [4.78, 5) is 11.9. The quantitative estimate of drug-likeness (QED) is 0.753. The van der Waals surface area contributed by atoms with E-state index in [4.69, 9.17) is 5.73 Å². The Hall–Kier alpha value is -1.15. The minimum Gasteiger partial charge on any atom is -0.330 e. The van der Waals surface area contributed by atoms with Crippen LogP contribution in [0.15, 0.2) is 29.2 Å². The van der Waals surface area contributed by atoms with Gasteiger partial charge in [0.05, 0.1) is 4.90 Å². The lowest BCUT2D eigenvalue weighted by molar-refractivity contribution is -0.119. The molecule has 0 aromatic heterocycles. The molecule has 0 saturated heterocycles. The number of nitrogens with one attached hydrogen (secondary N) is 2. The second-order valence-electron chi connectivity index (χ2n) is 6.01. The lowest BCUT2D eigenvalue weighted by atomic mass is 10.1. The fourth-order valence-electron chi connectivity index (χ4n) is 1.58. The average molecular weight is 350 g/mol. The fourth-order valence-corrected chi connectivity index (χ4v) is 3.04. The number of anilines is 1. The van der Waals surface area contributed by atoms with Crippen LogP contribution in [0.1, 0.15) is 27.7 Å². The Labute approximate surface area is 138 Å².